The number of carbonyl (C=O) groups is 1. The summed E-state index contributed by atoms with van der Waals surface area (Å²) in [6.07, 6.45) is 0.425. The van der Waals surface area contributed by atoms with Crippen LogP contribution in [0.5, 0.6) is 0 Å². The van der Waals surface area contributed by atoms with Crippen LogP contribution in [0.25, 0.3) is 16.7 Å². The number of fused-ring (bicyclic) bond motifs is 1. The van der Waals surface area contributed by atoms with E-state index in [-0.39, 0.29) is 31.6 Å². The van der Waals surface area contributed by atoms with Gasteiger partial charge in [-0.15, -0.1) is 0 Å². The predicted octanol–water partition coefficient (Wildman–Crippen LogP) is 3.69. The standard InChI is InChI=1S/C26H30F3N5O3/c1-18(13-26(27,28)29)22(35)32-12-11-25(37,24(15-32)9-5-6-10-24)16-33-17-30-21-20(23(33)36)14-31-34(21)19-7-3-2-4-8-19/h2-4,7-8,14,17-18,37H,5-6,9-13,15-16H2,1H3. The van der Waals surface area contributed by atoms with Gasteiger partial charge in [0.2, 0.25) is 5.91 Å². The zero-order valence-electron chi connectivity index (χ0n) is 20.6. The average Bonchev–Trinajstić information content (AvgIpc) is 3.50. The minimum atomic E-state index is -4.42. The molecule has 0 bridgehead atoms. The number of nitrogens with zero attached hydrogens (tertiary/aromatic N) is 5. The van der Waals surface area contributed by atoms with Crippen molar-refractivity contribution in [3.05, 3.63) is 53.2 Å². The Kier molecular flexibility index (Phi) is 6.37. The van der Waals surface area contributed by atoms with Crippen molar-refractivity contribution in [2.75, 3.05) is 13.1 Å². The van der Waals surface area contributed by atoms with Crippen molar-refractivity contribution in [1.29, 1.82) is 0 Å². The highest BCUT2D eigenvalue weighted by molar-refractivity contribution is 5.79. The predicted molar refractivity (Wildman–Crippen MR) is 130 cm³/mol. The van der Waals surface area contributed by atoms with E-state index in [1.165, 1.54) is 28.9 Å². The molecule has 37 heavy (non-hydrogen) atoms. The maximum atomic E-state index is 13.4. The molecule has 11 heteroatoms. The minimum Gasteiger partial charge on any atom is -0.387 e. The third kappa shape index (κ3) is 4.65. The van der Waals surface area contributed by atoms with Crippen molar-refractivity contribution >= 4 is 16.9 Å². The van der Waals surface area contributed by atoms with Crippen molar-refractivity contribution in [3.63, 3.8) is 0 Å². The summed E-state index contributed by atoms with van der Waals surface area (Å²) in [5, 5.41) is 16.6. The largest absolute Gasteiger partial charge is 0.389 e. The number of halogens is 3. The summed E-state index contributed by atoms with van der Waals surface area (Å²) in [7, 11) is 0. The van der Waals surface area contributed by atoms with Gasteiger partial charge in [-0.25, -0.2) is 9.67 Å². The lowest BCUT2D eigenvalue weighted by Crippen LogP contribution is -2.62. The van der Waals surface area contributed by atoms with Crippen LogP contribution in [0.15, 0.2) is 47.7 Å². The third-order valence-electron chi connectivity index (χ3n) is 8.09. The van der Waals surface area contributed by atoms with E-state index in [9.17, 15) is 27.9 Å². The topological polar surface area (TPSA) is 93.2 Å². The summed E-state index contributed by atoms with van der Waals surface area (Å²) in [6, 6.07) is 9.32. The van der Waals surface area contributed by atoms with Crippen LogP contribution >= 0.6 is 0 Å². The molecular formula is C26H30F3N5O3. The van der Waals surface area contributed by atoms with Gasteiger partial charge < -0.3 is 10.0 Å². The van der Waals surface area contributed by atoms with Crippen LogP contribution in [0, 0.1) is 11.3 Å². The monoisotopic (exact) mass is 517 g/mol. The molecule has 2 aromatic heterocycles. The molecule has 1 aliphatic carbocycles. The van der Waals surface area contributed by atoms with Crippen LogP contribution in [0.4, 0.5) is 13.2 Å². The fraction of sp³-hybridized carbons (Fsp3) is 0.538. The lowest BCUT2D eigenvalue weighted by Gasteiger charge is -2.52. The highest BCUT2D eigenvalue weighted by Gasteiger charge is 2.56. The van der Waals surface area contributed by atoms with Gasteiger partial charge in [-0.1, -0.05) is 38.0 Å². The molecule has 1 saturated carbocycles. The van der Waals surface area contributed by atoms with Gasteiger partial charge in [0.15, 0.2) is 5.65 Å². The molecule has 2 unspecified atom stereocenters. The van der Waals surface area contributed by atoms with Gasteiger partial charge in [-0.2, -0.15) is 18.3 Å². The molecule has 1 saturated heterocycles. The van der Waals surface area contributed by atoms with Crippen LogP contribution < -0.4 is 5.56 Å². The highest BCUT2D eigenvalue weighted by Crippen LogP contribution is 2.51. The molecule has 1 aromatic carbocycles. The summed E-state index contributed by atoms with van der Waals surface area (Å²) in [4.78, 5) is 32.2. The van der Waals surface area contributed by atoms with Gasteiger partial charge in [-0.05, 0) is 31.4 Å². The molecule has 1 amide bonds. The van der Waals surface area contributed by atoms with Gasteiger partial charge in [-0.3, -0.25) is 14.2 Å². The maximum absolute atomic E-state index is 13.4. The van der Waals surface area contributed by atoms with Crippen molar-refractivity contribution in [3.8, 4) is 5.69 Å². The number of aliphatic hydroxyl groups is 1. The number of piperidine rings is 1. The summed E-state index contributed by atoms with van der Waals surface area (Å²) in [5.41, 5.74) is -1.15. The maximum Gasteiger partial charge on any atom is 0.389 e. The van der Waals surface area contributed by atoms with Gasteiger partial charge in [0.25, 0.3) is 5.56 Å². The Hall–Kier alpha value is -3.21. The lowest BCUT2D eigenvalue weighted by atomic mass is 9.65. The number of benzene rings is 1. The van der Waals surface area contributed by atoms with Crippen LogP contribution in [0.3, 0.4) is 0 Å². The molecule has 1 spiro atoms. The van der Waals surface area contributed by atoms with Gasteiger partial charge >= 0.3 is 6.18 Å². The van der Waals surface area contributed by atoms with Crippen molar-refractivity contribution in [2.24, 2.45) is 11.3 Å². The van der Waals surface area contributed by atoms with E-state index in [2.05, 4.69) is 10.1 Å². The van der Waals surface area contributed by atoms with E-state index in [0.29, 0.717) is 23.9 Å². The van der Waals surface area contributed by atoms with E-state index in [4.69, 9.17) is 0 Å². The molecule has 2 fully saturated rings. The van der Waals surface area contributed by atoms with E-state index in [1.807, 2.05) is 30.3 Å². The number of rotatable bonds is 5. The number of carbonyl (C=O) groups excluding carboxylic acids is 1. The average molecular weight is 518 g/mol. The van der Waals surface area contributed by atoms with E-state index in [1.54, 1.807) is 4.68 Å². The smallest absolute Gasteiger partial charge is 0.387 e. The SMILES string of the molecule is CC(CC(F)(F)F)C(=O)N1CCC(O)(Cn2cnc3c(cnn3-c3ccccc3)c2=O)C2(CCCC2)C1. The first kappa shape index (κ1) is 25.4. The summed E-state index contributed by atoms with van der Waals surface area (Å²) in [6.45, 7) is 1.61. The number of likely N-dealkylation sites (tertiary alicyclic amines) is 1. The Bertz CT molecular complexity index is 1350. The minimum absolute atomic E-state index is 0.00851. The van der Waals surface area contributed by atoms with Crippen molar-refractivity contribution in [2.45, 2.75) is 63.8 Å². The van der Waals surface area contributed by atoms with Crippen molar-refractivity contribution in [1.82, 2.24) is 24.2 Å². The van der Waals surface area contributed by atoms with Crippen LogP contribution in [-0.4, -0.2) is 60.1 Å². The molecule has 1 aliphatic heterocycles. The second-order valence-corrected chi connectivity index (χ2v) is 10.6. The number of hydrogen-bond acceptors (Lipinski definition) is 5. The summed E-state index contributed by atoms with van der Waals surface area (Å²) < 4.78 is 41.6. The molecule has 8 nitrogen and oxygen atoms in total. The molecule has 3 heterocycles. The van der Waals surface area contributed by atoms with E-state index in [0.717, 1.165) is 18.5 Å². The van der Waals surface area contributed by atoms with Gasteiger partial charge in [0, 0.05) is 24.4 Å². The summed E-state index contributed by atoms with van der Waals surface area (Å²) in [5.74, 6) is -1.72. The van der Waals surface area contributed by atoms with Crippen LogP contribution in [0.1, 0.15) is 45.4 Å². The molecule has 198 valence electrons. The van der Waals surface area contributed by atoms with Crippen LogP contribution in [0.2, 0.25) is 0 Å². The van der Waals surface area contributed by atoms with Gasteiger partial charge in [0.05, 0.1) is 30.5 Å². The normalized spacial score (nSPS) is 22.6. The zero-order valence-corrected chi connectivity index (χ0v) is 20.6. The third-order valence-corrected chi connectivity index (χ3v) is 8.09. The fourth-order valence-electron chi connectivity index (χ4n) is 6.13. The van der Waals surface area contributed by atoms with Gasteiger partial charge in [0.1, 0.15) is 11.7 Å². The second kappa shape index (κ2) is 9.27. The lowest BCUT2D eigenvalue weighted by molar-refractivity contribution is -0.172. The molecule has 3 aromatic rings. The van der Waals surface area contributed by atoms with Crippen molar-refractivity contribution < 1.29 is 23.1 Å². The first-order valence-electron chi connectivity index (χ1n) is 12.6. The van der Waals surface area contributed by atoms with E-state index < -0.39 is 35.4 Å². The Balaban J connectivity index is 1.41. The van der Waals surface area contributed by atoms with Crippen LogP contribution in [-0.2, 0) is 11.3 Å². The highest BCUT2D eigenvalue weighted by atomic mass is 19.4. The molecule has 5 rings (SSSR count). The molecule has 0 radical (unpaired) electrons. The first-order valence-corrected chi connectivity index (χ1v) is 12.6. The fourth-order valence-corrected chi connectivity index (χ4v) is 6.13. The zero-order chi connectivity index (χ0) is 26.4. The number of alkyl halides is 3. The first-order chi connectivity index (χ1) is 17.5. The molecule has 1 N–H and O–H groups in total. The number of para-hydroxylation sites is 1. The molecular weight excluding hydrogens is 487 g/mol. The second-order valence-electron chi connectivity index (χ2n) is 10.6. The quantitative estimate of drug-likeness (QED) is 0.557. The molecule has 2 aliphatic rings. The Morgan fingerprint density at radius 2 is 1.86 bits per heavy atom. The molecule has 2 atom stereocenters. The Labute approximate surface area is 211 Å². The number of amides is 1. The number of hydrogen-bond donors (Lipinski definition) is 1. The Morgan fingerprint density at radius 1 is 1.16 bits per heavy atom. The summed E-state index contributed by atoms with van der Waals surface area (Å²) >= 11 is 0. The number of aromatic nitrogens is 4. The Morgan fingerprint density at radius 3 is 2.54 bits per heavy atom. The van der Waals surface area contributed by atoms with E-state index >= 15 is 0 Å².